The summed E-state index contributed by atoms with van der Waals surface area (Å²) in [6, 6.07) is 2.87. The first kappa shape index (κ1) is 15.7. The minimum absolute atomic E-state index is 0.310. The molecule has 0 unspecified atom stereocenters. The number of nitrogens with one attached hydrogen (secondary N) is 1. The average molecular weight is 299 g/mol. The van der Waals surface area contributed by atoms with E-state index in [1.165, 1.54) is 26.0 Å². The number of ether oxygens (including phenoxy) is 1. The number of aliphatic carboxylic acids is 1. The summed E-state index contributed by atoms with van der Waals surface area (Å²) in [6.07, 6.45) is 2.19. The maximum Gasteiger partial charge on any atom is 0.312 e. The third kappa shape index (κ3) is 4.14. The van der Waals surface area contributed by atoms with Gasteiger partial charge in [-0.05, 0) is 44.4 Å². The quantitative estimate of drug-likeness (QED) is 0.813. The highest BCUT2D eigenvalue weighted by molar-refractivity contribution is 5.73. The number of hydrogen-bond donors (Lipinski definition) is 2. The standard InChI is InChI=1S/C15H19F2NO3/c1-15(2,14(19)20)8-21-13-11(16)5-9(6-12(13)17)7-18-10-3-4-10/h5-6,10,18H,3-4,7-8H2,1-2H3,(H,19,20). The molecule has 6 heteroatoms. The summed E-state index contributed by atoms with van der Waals surface area (Å²) in [5, 5.41) is 12.1. The summed E-state index contributed by atoms with van der Waals surface area (Å²) in [5.74, 6) is -3.25. The van der Waals surface area contributed by atoms with E-state index in [2.05, 4.69) is 5.32 Å². The fourth-order valence-corrected chi connectivity index (χ4v) is 1.72. The van der Waals surface area contributed by atoms with Gasteiger partial charge in [-0.2, -0.15) is 0 Å². The van der Waals surface area contributed by atoms with E-state index in [1.807, 2.05) is 0 Å². The van der Waals surface area contributed by atoms with Crippen molar-refractivity contribution in [2.75, 3.05) is 6.61 Å². The smallest absolute Gasteiger partial charge is 0.312 e. The minimum Gasteiger partial charge on any atom is -0.486 e. The molecule has 2 N–H and O–H groups in total. The largest absolute Gasteiger partial charge is 0.486 e. The van der Waals surface area contributed by atoms with Gasteiger partial charge in [0.25, 0.3) is 0 Å². The zero-order chi connectivity index (χ0) is 15.6. The average Bonchev–Trinajstić information content (AvgIpc) is 3.19. The van der Waals surface area contributed by atoms with Crippen LogP contribution in [0.25, 0.3) is 0 Å². The van der Waals surface area contributed by atoms with E-state index in [0.29, 0.717) is 18.2 Å². The normalized spacial score (nSPS) is 15.0. The van der Waals surface area contributed by atoms with E-state index in [4.69, 9.17) is 9.84 Å². The van der Waals surface area contributed by atoms with Gasteiger partial charge in [0.15, 0.2) is 17.4 Å². The zero-order valence-electron chi connectivity index (χ0n) is 12.1. The topological polar surface area (TPSA) is 58.6 Å². The predicted molar refractivity (Wildman–Crippen MR) is 73.1 cm³/mol. The summed E-state index contributed by atoms with van der Waals surface area (Å²) < 4.78 is 32.8. The number of carboxylic acids is 1. The van der Waals surface area contributed by atoms with E-state index >= 15 is 0 Å². The monoisotopic (exact) mass is 299 g/mol. The molecular formula is C15H19F2NO3. The van der Waals surface area contributed by atoms with Crippen molar-refractivity contribution in [1.82, 2.24) is 5.32 Å². The summed E-state index contributed by atoms with van der Waals surface area (Å²) >= 11 is 0. The van der Waals surface area contributed by atoms with Crippen LogP contribution in [0.15, 0.2) is 12.1 Å². The Bertz CT molecular complexity index is 519. The molecule has 0 saturated heterocycles. The third-order valence-corrected chi connectivity index (χ3v) is 3.39. The fraction of sp³-hybridized carbons (Fsp3) is 0.533. The fourth-order valence-electron chi connectivity index (χ4n) is 1.72. The summed E-state index contributed by atoms with van der Waals surface area (Å²) in [4.78, 5) is 10.9. The molecule has 1 aromatic rings. The lowest BCUT2D eigenvalue weighted by Crippen LogP contribution is -2.31. The third-order valence-electron chi connectivity index (χ3n) is 3.39. The highest BCUT2D eigenvalue weighted by Crippen LogP contribution is 2.27. The molecule has 4 nitrogen and oxygen atoms in total. The summed E-state index contributed by atoms with van der Waals surface area (Å²) in [5.41, 5.74) is -0.716. The molecule has 2 rings (SSSR count). The van der Waals surface area contributed by atoms with Gasteiger partial charge < -0.3 is 15.2 Å². The van der Waals surface area contributed by atoms with Crippen LogP contribution in [-0.2, 0) is 11.3 Å². The zero-order valence-corrected chi connectivity index (χ0v) is 12.1. The molecule has 0 aliphatic heterocycles. The van der Waals surface area contributed by atoms with Gasteiger partial charge in [0.1, 0.15) is 6.61 Å². The van der Waals surface area contributed by atoms with E-state index in [0.717, 1.165) is 12.8 Å². The molecular weight excluding hydrogens is 280 g/mol. The molecule has 0 bridgehead atoms. The Morgan fingerprint density at radius 2 is 1.95 bits per heavy atom. The second kappa shape index (κ2) is 5.97. The first-order valence-corrected chi connectivity index (χ1v) is 6.87. The lowest BCUT2D eigenvalue weighted by molar-refractivity contribution is -0.148. The number of halogens is 2. The Morgan fingerprint density at radius 3 is 2.43 bits per heavy atom. The lowest BCUT2D eigenvalue weighted by atomic mass is 9.95. The Hall–Kier alpha value is -1.69. The van der Waals surface area contributed by atoms with E-state index in [9.17, 15) is 13.6 Å². The first-order chi connectivity index (χ1) is 9.79. The van der Waals surface area contributed by atoms with Crippen molar-refractivity contribution in [3.05, 3.63) is 29.3 Å². The van der Waals surface area contributed by atoms with E-state index in [-0.39, 0.29) is 6.61 Å². The Labute approximate surface area is 122 Å². The van der Waals surface area contributed by atoms with Crippen LogP contribution in [0.2, 0.25) is 0 Å². The van der Waals surface area contributed by atoms with Crippen LogP contribution >= 0.6 is 0 Å². The Balaban J connectivity index is 2.03. The van der Waals surface area contributed by atoms with Crippen molar-refractivity contribution in [2.45, 2.75) is 39.3 Å². The van der Waals surface area contributed by atoms with Gasteiger partial charge >= 0.3 is 5.97 Å². The van der Waals surface area contributed by atoms with Gasteiger partial charge in [-0.3, -0.25) is 4.79 Å². The lowest BCUT2D eigenvalue weighted by Gasteiger charge is -2.20. The van der Waals surface area contributed by atoms with Crippen molar-refractivity contribution in [2.24, 2.45) is 5.41 Å². The van der Waals surface area contributed by atoms with Crippen LogP contribution in [0.5, 0.6) is 5.75 Å². The molecule has 0 spiro atoms. The van der Waals surface area contributed by atoms with Crippen molar-refractivity contribution < 1.29 is 23.4 Å². The van der Waals surface area contributed by atoms with Crippen LogP contribution < -0.4 is 10.1 Å². The van der Waals surface area contributed by atoms with Crippen molar-refractivity contribution >= 4 is 5.97 Å². The van der Waals surface area contributed by atoms with Gasteiger partial charge in [-0.1, -0.05) is 0 Å². The van der Waals surface area contributed by atoms with Crippen LogP contribution in [0.4, 0.5) is 8.78 Å². The molecule has 21 heavy (non-hydrogen) atoms. The highest BCUT2D eigenvalue weighted by Gasteiger charge is 2.29. The van der Waals surface area contributed by atoms with Crippen LogP contribution in [-0.4, -0.2) is 23.7 Å². The molecule has 1 saturated carbocycles. The molecule has 0 heterocycles. The number of carbonyl (C=O) groups is 1. The summed E-state index contributed by atoms with van der Waals surface area (Å²) in [6.45, 7) is 2.95. The van der Waals surface area contributed by atoms with Crippen molar-refractivity contribution in [3.63, 3.8) is 0 Å². The van der Waals surface area contributed by atoms with Gasteiger partial charge in [0.05, 0.1) is 5.41 Å². The number of benzene rings is 1. The van der Waals surface area contributed by atoms with Crippen LogP contribution in [0, 0.1) is 17.0 Å². The predicted octanol–water partition coefficient (Wildman–Crippen LogP) is 2.71. The molecule has 0 aromatic heterocycles. The second-order valence-corrected chi connectivity index (χ2v) is 6.02. The molecule has 1 fully saturated rings. The van der Waals surface area contributed by atoms with Gasteiger partial charge in [-0.15, -0.1) is 0 Å². The minimum atomic E-state index is -1.22. The maximum absolute atomic E-state index is 13.9. The maximum atomic E-state index is 13.9. The van der Waals surface area contributed by atoms with Gasteiger partial charge in [-0.25, -0.2) is 8.78 Å². The molecule has 116 valence electrons. The Kier molecular flexibility index (Phi) is 4.46. The van der Waals surface area contributed by atoms with Crippen molar-refractivity contribution in [1.29, 1.82) is 0 Å². The van der Waals surface area contributed by atoms with Gasteiger partial charge in [0, 0.05) is 12.6 Å². The molecule has 0 amide bonds. The Morgan fingerprint density at radius 1 is 1.38 bits per heavy atom. The molecule has 1 aliphatic rings. The summed E-state index contributed by atoms with van der Waals surface area (Å²) in [7, 11) is 0. The number of hydrogen-bond acceptors (Lipinski definition) is 3. The first-order valence-electron chi connectivity index (χ1n) is 6.87. The van der Waals surface area contributed by atoms with E-state index < -0.39 is 28.8 Å². The SMILES string of the molecule is CC(C)(COc1c(F)cc(CNC2CC2)cc1F)C(=O)O. The molecule has 1 aliphatic carbocycles. The van der Waals surface area contributed by atoms with Gasteiger partial charge in [0.2, 0.25) is 0 Å². The van der Waals surface area contributed by atoms with Crippen molar-refractivity contribution in [3.8, 4) is 5.75 Å². The highest BCUT2D eigenvalue weighted by atomic mass is 19.1. The van der Waals surface area contributed by atoms with E-state index in [1.54, 1.807) is 0 Å². The molecule has 0 atom stereocenters. The molecule has 0 radical (unpaired) electrons. The number of rotatable bonds is 7. The van der Waals surface area contributed by atoms with Crippen LogP contribution in [0.1, 0.15) is 32.3 Å². The number of carboxylic acid groups (broad SMARTS) is 1. The second-order valence-electron chi connectivity index (χ2n) is 6.02. The molecule has 1 aromatic carbocycles. The van der Waals surface area contributed by atoms with Crippen LogP contribution in [0.3, 0.4) is 0 Å².